The Kier molecular flexibility index (Phi) is 12.1. The zero-order valence-corrected chi connectivity index (χ0v) is 22.9. The van der Waals surface area contributed by atoms with Crippen LogP contribution in [0.25, 0.3) is 0 Å². The molecule has 194 valence electrons. The monoisotopic (exact) mass is 482 g/mol. The summed E-state index contributed by atoms with van der Waals surface area (Å²) in [5.74, 6) is 0. The van der Waals surface area contributed by atoms with Crippen molar-refractivity contribution in [2.45, 2.75) is 64.2 Å². The molecule has 0 heterocycles. The van der Waals surface area contributed by atoms with Crippen LogP contribution in [0.4, 0.5) is 0 Å². The molecule has 0 aromatic carbocycles. The standard InChI is InChI=1S/C36H50/c1-11-21-31-32(22-12-2)34(25-15-5,26-16-6)36(29-19-9,30-20-10)35(27-17-7,28-18-8)33(31,23-13-3)24-14-4/h11-20H,1-10,21-30H2. The van der Waals surface area contributed by atoms with E-state index in [9.17, 15) is 0 Å². The van der Waals surface area contributed by atoms with Gasteiger partial charge in [0.05, 0.1) is 0 Å². The fourth-order valence-corrected chi connectivity index (χ4v) is 8.14. The maximum atomic E-state index is 4.29. The van der Waals surface area contributed by atoms with Gasteiger partial charge in [0.1, 0.15) is 0 Å². The molecule has 0 heteroatoms. The Morgan fingerprint density at radius 1 is 0.333 bits per heavy atom. The number of allylic oxidation sites excluding steroid dienone is 12. The Hall–Kier alpha value is -2.86. The topological polar surface area (TPSA) is 0 Å². The number of rotatable bonds is 20. The molecule has 0 N–H and O–H groups in total. The van der Waals surface area contributed by atoms with E-state index >= 15 is 0 Å². The summed E-state index contributed by atoms with van der Waals surface area (Å²) in [5, 5.41) is 0. The second kappa shape index (κ2) is 14.0. The van der Waals surface area contributed by atoms with E-state index < -0.39 is 0 Å². The zero-order chi connectivity index (χ0) is 27.3. The molecule has 0 aromatic heterocycles. The summed E-state index contributed by atoms with van der Waals surface area (Å²) >= 11 is 0. The van der Waals surface area contributed by atoms with Gasteiger partial charge in [0, 0.05) is 10.8 Å². The Bertz CT molecular complexity index is 784. The summed E-state index contributed by atoms with van der Waals surface area (Å²) in [6.07, 6.45) is 29.0. The van der Waals surface area contributed by atoms with Gasteiger partial charge < -0.3 is 0 Å². The van der Waals surface area contributed by atoms with Crippen LogP contribution in [0.5, 0.6) is 0 Å². The van der Waals surface area contributed by atoms with Crippen LogP contribution in [0.3, 0.4) is 0 Å². The van der Waals surface area contributed by atoms with Crippen molar-refractivity contribution in [3.63, 3.8) is 0 Å². The molecule has 0 saturated carbocycles. The second-order valence-electron chi connectivity index (χ2n) is 10.2. The highest BCUT2D eigenvalue weighted by molar-refractivity contribution is 5.45. The van der Waals surface area contributed by atoms with E-state index in [4.69, 9.17) is 0 Å². The summed E-state index contributed by atoms with van der Waals surface area (Å²) < 4.78 is 0. The first-order valence-corrected chi connectivity index (χ1v) is 13.2. The zero-order valence-electron chi connectivity index (χ0n) is 22.9. The van der Waals surface area contributed by atoms with Crippen molar-refractivity contribution in [1.82, 2.24) is 0 Å². The van der Waals surface area contributed by atoms with Gasteiger partial charge in [-0.2, -0.15) is 0 Å². The minimum absolute atomic E-state index is 0.261. The average Bonchev–Trinajstić information content (AvgIpc) is 2.84. The summed E-state index contributed by atoms with van der Waals surface area (Å²) in [6, 6.07) is 0. The number of hydrogen-bond donors (Lipinski definition) is 0. The van der Waals surface area contributed by atoms with Gasteiger partial charge in [0.2, 0.25) is 0 Å². The van der Waals surface area contributed by atoms with Crippen molar-refractivity contribution in [2.24, 2.45) is 21.7 Å². The fraction of sp³-hybridized carbons (Fsp3) is 0.389. The molecule has 0 saturated heterocycles. The molecule has 0 nitrogen and oxygen atoms in total. The van der Waals surface area contributed by atoms with Crippen LogP contribution in [0.2, 0.25) is 0 Å². The fourth-order valence-electron chi connectivity index (χ4n) is 8.14. The van der Waals surface area contributed by atoms with Crippen molar-refractivity contribution in [3.8, 4) is 0 Å². The highest BCUT2D eigenvalue weighted by Crippen LogP contribution is 2.78. The molecule has 1 rings (SSSR count). The predicted molar refractivity (Wildman–Crippen MR) is 165 cm³/mol. The first-order chi connectivity index (χ1) is 17.4. The quantitative estimate of drug-likeness (QED) is 0.151. The van der Waals surface area contributed by atoms with Gasteiger partial charge in [-0.05, 0) is 75.0 Å². The first-order valence-electron chi connectivity index (χ1n) is 13.2. The molecule has 0 spiro atoms. The van der Waals surface area contributed by atoms with Crippen molar-refractivity contribution in [1.29, 1.82) is 0 Å². The molecule has 0 aromatic rings. The van der Waals surface area contributed by atoms with E-state index in [1.807, 2.05) is 12.2 Å². The van der Waals surface area contributed by atoms with Gasteiger partial charge in [-0.3, -0.25) is 0 Å². The molecule has 0 fully saturated rings. The van der Waals surface area contributed by atoms with Crippen LogP contribution in [0.1, 0.15) is 64.2 Å². The van der Waals surface area contributed by atoms with Crippen molar-refractivity contribution in [2.75, 3.05) is 0 Å². The summed E-state index contributed by atoms with van der Waals surface area (Å²) in [7, 11) is 0. The molecular formula is C36H50. The van der Waals surface area contributed by atoms with E-state index in [1.165, 1.54) is 11.1 Å². The van der Waals surface area contributed by atoms with E-state index in [0.717, 1.165) is 64.2 Å². The highest BCUT2D eigenvalue weighted by atomic mass is 14.7. The molecule has 1 aliphatic rings. The molecule has 0 amide bonds. The average molecular weight is 483 g/mol. The third kappa shape index (κ3) is 4.63. The van der Waals surface area contributed by atoms with Crippen LogP contribution in [-0.2, 0) is 0 Å². The Morgan fingerprint density at radius 2 is 0.556 bits per heavy atom. The van der Waals surface area contributed by atoms with E-state index in [2.05, 4.69) is 114 Å². The van der Waals surface area contributed by atoms with Crippen LogP contribution in [0.15, 0.2) is 138 Å². The lowest BCUT2D eigenvalue weighted by molar-refractivity contribution is -0.151. The Balaban J connectivity index is 4.84. The van der Waals surface area contributed by atoms with Gasteiger partial charge in [0.25, 0.3) is 0 Å². The van der Waals surface area contributed by atoms with Crippen LogP contribution >= 0.6 is 0 Å². The summed E-state index contributed by atoms with van der Waals surface area (Å²) in [4.78, 5) is 0. The lowest BCUT2D eigenvalue weighted by Gasteiger charge is -2.72. The van der Waals surface area contributed by atoms with Gasteiger partial charge >= 0.3 is 0 Å². The Morgan fingerprint density at radius 3 is 0.722 bits per heavy atom. The molecule has 0 aliphatic heterocycles. The first kappa shape index (κ1) is 31.2. The van der Waals surface area contributed by atoms with Crippen LogP contribution in [0, 0.1) is 21.7 Å². The van der Waals surface area contributed by atoms with Crippen molar-refractivity contribution >= 4 is 0 Å². The molecule has 0 atom stereocenters. The molecular weight excluding hydrogens is 432 g/mol. The largest absolute Gasteiger partial charge is 0.103 e. The predicted octanol–water partition coefficient (Wildman–Crippen LogP) is 11.0. The van der Waals surface area contributed by atoms with Crippen LogP contribution in [-0.4, -0.2) is 0 Å². The SMILES string of the molecule is C=CCC1=C(CC=C)C(CC=C)(CC=C)C(CC=C)(CC=C)C(CC=C)(CC=C)C1(CC=C)CC=C. The van der Waals surface area contributed by atoms with E-state index in [-0.39, 0.29) is 21.7 Å². The lowest BCUT2D eigenvalue weighted by atomic mass is 9.31. The van der Waals surface area contributed by atoms with Crippen molar-refractivity contribution in [3.05, 3.63) is 138 Å². The molecule has 0 bridgehead atoms. The maximum absolute atomic E-state index is 4.29. The van der Waals surface area contributed by atoms with Gasteiger partial charge in [-0.25, -0.2) is 0 Å². The second-order valence-corrected chi connectivity index (χ2v) is 10.2. The maximum Gasteiger partial charge on any atom is 0.00548 e. The van der Waals surface area contributed by atoms with E-state index in [1.54, 1.807) is 0 Å². The summed E-state index contributed by atoms with van der Waals surface area (Å²) in [5.41, 5.74) is 1.81. The molecule has 0 radical (unpaired) electrons. The van der Waals surface area contributed by atoms with Gasteiger partial charge in [-0.15, -0.1) is 65.8 Å². The third-order valence-electron chi connectivity index (χ3n) is 8.91. The normalized spacial score (nSPS) is 18.8. The minimum Gasteiger partial charge on any atom is -0.103 e. The third-order valence-corrected chi connectivity index (χ3v) is 8.91. The molecule has 36 heavy (non-hydrogen) atoms. The minimum atomic E-state index is -0.261. The van der Waals surface area contributed by atoms with Gasteiger partial charge in [0.15, 0.2) is 0 Å². The molecule has 0 unspecified atom stereocenters. The highest BCUT2D eigenvalue weighted by Gasteiger charge is 2.70. The Labute approximate surface area is 223 Å². The molecule has 1 aliphatic carbocycles. The smallest absolute Gasteiger partial charge is 0.00548 e. The van der Waals surface area contributed by atoms with E-state index in [0.29, 0.717) is 0 Å². The van der Waals surface area contributed by atoms with Crippen molar-refractivity contribution < 1.29 is 0 Å². The lowest BCUT2D eigenvalue weighted by Crippen LogP contribution is -2.65. The van der Waals surface area contributed by atoms with Gasteiger partial charge in [-0.1, -0.05) is 71.9 Å². The summed E-state index contributed by atoms with van der Waals surface area (Å²) in [6.45, 7) is 42.6. The number of hydrogen-bond acceptors (Lipinski definition) is 0. The van der Waals surface area contributed by atoms with Crippen LogP contribution < -0.4 is 0 Å².